The number of halogens is 1. The molecule has 5 heteroatoms. The fourth-order valence-corrected chi connectivity index (χ4v) is 1.27. The highest BCUT2D eigenvalue weighted by Gasteiger charge is 2.13. The van der Waals surface area contributed by atoms with Crippen molar-refractivity contribution in [1.29, 1.82) is 0 Å². The van der Waals surface area contributed by atoms with Crippen LogP contribution >= 0.6 is 11.6 Å². The van der Waals surface area contributed by atoms with Gasteiger partial charge in [0.15, 0.2) is 11.5 Å². The number of alkyl halides is 1. The fraction of sp³-hybridized carbons (Fsp3) is 0.417. The second-order valence-corrected chi connectivity index (χ2v) is 4.73. The van der Waals surface area contributed by atoms with Crippen molar-refractivity contribution in [1.82, 2.24) is 5.32 Å². The number of phenols is 2. The van der Waals surface area contributed by atoms with E-state index in [9.17, 15) is 9.90 Å². The molecule has 0 aliphatic rings. The van der Waals surface area contributed by atoms with Crippen molar-refractivity contribution in [3.63, 3.8) is 0 Å². The van der Waals surface area contributed by atoms with Crippen LogP contribution in [0.2, 0.25) is 0 Å². The molecule has 0 aromatic heterocycles. The van der Waals surface area contributed by atoms with Crippen LogP contribution < -0.4 is 5.32 Å². The summed E-state index contributed by atoms with van der Waals surface area (Å²) in [6, 6.07) is 3.91. The first-order valence-corrected chi connectivity index (χ1v) is 5.79. The van der Waals surface area contributed by atoms with E-state index in [1.807, 2.05) is 13.8 Å². The Bertz CT molecular complexity index is 407. The molecule has 0 heterocycles. The zero-order valence-electron chi connectivity index (χ0n) is 9.77. The Labute approximate surface area is 105 Å². The predicted molar refractivity (Wildman–Crippen MR) is 66.6 cm³/mol. The molecule has 0 fully saturated rings. The van der Waals surface area contributed by atoms with E-state index in [0.29, 0.717) is 6.54 Å². The Hall–Kier alpha value is -1.42. The highest BCUT2D eigenvalue weighted by molar-refractivity contribution is 6.21. The number of benzene rings is 1. The number of carbonyl (C=O) groups is 1. The van der Waals surface area contributed by atoms with Gasteiger partial charge >= 0.3 is 0 Å². The average Bonchev–Trinajstić information content (AvgIpc) is 2.28. The minimum Gasteiger partial charge on any atom is -0.504 e. The summed E-state index contributed by atoms with van der Waals surface area (Å²) >= 11 is 6.00. The maximum Gasteiger partial charge on any atom is 0.251 e. The summed E-state index contributed by atoms with van der Waals surface area (Å²) < 4.78 is 0. The van der Waals surface area contributed by atoms with Crippen molar-refractivity contribution in [3.8, 4) is 11.5 Å². The van der Waals surface area contributed by atoms with Gasteiger partial charge in [-0.05, 0) is 24.1 Å². The van der Waals surface area contributed by atoms with Crippen molar-refractivity contribution < 1.29 is 15.0 Å². The fourth-order valence-electron chi connectivity index (χ4n) is 1.19. The molecular formula is C12H16ClNO3. The largest absolute Gasteiger partial charge is 0.504 e. The highest BCUT2D eigenvalue weighted by atomic mass is 35.5. The monoisotopic (exact) mass is 257 g/mol. The summed E-state index contributed by atoms with van der Waals surface area (Å²) in [5.41, 5.74) is 0.285. The van der Waals surface area contributed by atoms with Gasteiger partial charge in [0.25, 0.3) is 5.91 Å². The molecule has 1 aromatic carbocycles. The number of nitrogens with one attached hydrogen (secondary N) is 1. The van der Waals surface area contributed by atoms with E-state index in [4.69, 9.17) is 16.7 Å². The zero-order valence-corrected chi connectivity index (χ0v) is 10.5. The minimum absolute atomic E-state index is 0.135. The van der Waals surface area contributed by atoms with E-state index in [1.54, 1.807) is 0 Å². The molecule has 0 saturated carbocycles. The lowest BCUT2D eigenvalue weighted by atomic mass is 10.1. The van der Waals surface area contributed by atoms with Gasteiger partial charge in [-0.25, -0.2) is 0 Å². The van der Waals surface area contributed by atoms with Gasteiger partial charge in [0.2, 0.25) is 0 Å². The second-order valence-electron chi connectivity index (χ2n) is 4.17. The molecule has 1 unspecified atom stereocenters. The third-order valence-corrected chi connectivity index (χ3v) is 3.08. The van der Waals surface area contributed by atoms with Crippen molar-refractivity contribution in [2.75, 3.05) is 6.54 Å². The molecule has 0 radical (unpaired) electrons. The first-order chi connectivity index (χ1) is 7.91. The number of amides is 1. The van der Waals surface area contributed by atoms with Gasteiger partial charge in [-0.15, -0.1) is 11.6 Å². The third-order valence-electron chi connectivity index (χ3n) is 2.42. The Morgan fingerprint density at radius 1 is 1.35 bits per heavy atom. The number of hydrogen-bond donors (Lipinski definition) is 3. The molecule has 0 spiro atoms. The molecule has 1 aromatic rings. The van der Waals surface area contributed by atoms with E-state index in [-0.39, 0.29) is 34.3 Å². The quantitative estimate of drug-likeness (QED) is 0.571. The van der Waals surface area contributed by atoms with Crippen LogP contribution in [0.4, 0.5) is 0 Å². The van der Waals surface area contributed by atoms with Crippen molar-refractivity contribution in [3.05, 3.63) is 23.8 Å². The minimum atomic E-state index is -0.327. The summed E-state index contributed by atoms with van der Waals surface area (Å²) in [4.78, 5) is 11.7. The lowest BCUT2D eigenvalue weighted by Crippen LogP contribution is -2.31. The van der Waals surface area contributed by atoms with Gasteiger partial charge in [0.05, 0.1) is 5.38 Å². The number of carbonyl (C=O) groups excluding carboxylic acids is 1. The summed E-state index contributed by atoms with van der Waals surface area (Å²) in [7, 11) is 0. The molecule has 4 nitrogen and oxygen atoms in total. The molecule has 3 N–H and O–H groups in total. The van der Waals surface area contributed by atoms with Gasteiger partial charge in [-0.3, -0.25) is 4.79 Å². The number of aromatic hydroxyl groups is 2. The summed E-state index contributed by atoms with van der Waals surface area (Å²) in [6.45, 7) is 4.30. The van der Waals surface area contributed by atoms with Crippen LogP contribution in [0.15, 0.2) is 18.2 Å². The number of rotatable bonds is 4. The summed E-state index contributed by atoms with van der Waals surface area (Å²) in [5.74, 6) is -0.625. The smallest absolute Gasteiger partial charge is 0.251 e. The number of phenolic OH excluding ortho intramolecular Hbond substituents is 2. The average molecular weight is 258 g/mol. The van der Waals surface area contributed by atoms with E-state index in [2.05, 4.69) is 5.32 Å². The maximum atomic E-state index is 11.7. The molecule has 1 atom stereocenters. The van der Waals surface area contributed by atoms with Crippen LogP contribution in [0.3, 0.4) is 0 Å². The van der Waals surface area contributed by atoms with Crippen molar-refractivity contribution in [2.24, 2.45) is 5.92 Å². The zero-order chi connectivity index (χ0) is 13.0. The van der Waals surface area contributed by atoms with Crippen LogP contribution in [-0.2, 0) is 0 Å². The molecule has 0 saturated heterocycles. The van der Waals surface area contributed by atoms with E-state index in [0.717, 1.165) is 0 Å². The predicted octanol–water partition coefficient (Wildman–Crippen LogP) is 2.09. The SMILES string of the molecule is CC(C)C(Cl)CNC(=O)c1ccc(O)c(O)c1. The lowest BCUT2D eigenvalue weighted by molar-refractivity contribution is 0.0952. The van der Waals surface area contributed by atoms with E-state index < -0.39 is 0 Å². The second kappa shape index (κ2) is 5.77. The van der Waals surface area contributed by atoms with Crippen LogP contribution in [0.25, 0.3) is 0 Å². The van der Waals surface area contributed by atoms with Crippen molar-refractivity contribution >= 4 is 17.5 Å². The normalized spacial score (nSPS) is 12.5. The maximum absolute atomic E-state index is 11.7. The summed E-state index contributed by atoms with van der Waals surface area (Å²) in [5, 5.41) is 20.9. The molecule has 0 aliphatic heterocycles. The van der Waals surface area contributed by atoms with E-state index in [1.165, 1.54) is 18.2 Å². The van der Waals surface area contributed by atoms with Gasteiger partial charge in [-0.1, -0.05) is 13.8 Å². The highest BCUT2D eigenvalue weighted by Crippen LogP contribution is 2.24. The molecule has 0 bridgehead atoms. The van der Waals surface area contributed by atoms with E-state index >= 15 is 0 Å². The lowest BCUT2D eigenvalue weighted by Gasteiger charge is -2.14. The van der Waals surface area contributed by atoms with Crippen LogP contribution in [0.5, 0.6) is 11.5 Å². The molecule has 0 aliphatic carbocycles. The summed E-state index contributed by atoms with van der Waals surface area (Å²) in [6.07, 6.45) is 0. The van der Waals surface area contributed by atoms with Gasteiger partial charge in [0.1, 0.15) is 0 Å². The standard InChI is InChI=1S/C12H16ClNO3/c1-7(2)9(13)6-14-12(17)8-3-4-10(15)11(16)5-8/h3-5,7,9,15-16H,6H2,1-2H3,(H,14,17). The third kappa shape index (κ3) is 3.82. The van der Waals surface area contributed by atoms with Crippen LogP contribution in [0.1, 0.15) is 24.2 Å². The van der Waals surface area contributed by atoms with Gasteiger partial charge in [0, 0.05) is 12.1 Å². The van der Waals surface area contributed by atoms with Gasteiger partial charge < -0.3 is 15.5 Å². The molecule has 94 valence electrons. The Balaban J connectivity index is 2.61. The van der Waals surface area contributed by atoms with Crippen LogP contribution in [0, 0.1) is 5.92 Å². The first kappa shape index (κ1) is 13.6. The van der Waals surface area contributed by atoms with Gasteiger partial charge in [-0.2, -0.15) is 0 Å². The number of hydrogen-bond acceptors (Lipinski definition) is 3. The topological polar surface area (TPSA) is 69.6 Å². The Kier molecular flexibility index (Phi) is 4.63. The Morgan fingerprint density at radius 3 is 2.53 bits per heavy atom. The molecule has 17 heavy (non-hydrogen) atoms. The molecule has 1 amide bonds. The molecular weight excluding hydrogens is 242 g/mol. The Morgan fingerprint density at radius 2 is 2.00 bits per heavy atom. The van der Waals surface area contributed by atoms with Crippen molar-refractivity contribution in [2.45, 2.75) is 19.2 Å². The van der Waals surface area contributed by atoms with Crippen LogP contribution in [-0.4, -0.2) is 28.0 Å². The first-order valence-electron chi connectivity index (χ1n) is 5.36. The molecule has 1 rings (SSSR count).